The number of aromatic nitrogens is 4. The first kappa shape index (κ1) is 22.8. The molecule has 2 aromatic carbocycles. The Kier molecular flexibility index (Phi) is 6.31. The van der Waals surface area contributed by atoms with Crippen LogP contribution in [0.1, 0.15) is 27.2 Å². The number of amides is 1. The summed E-state index contributed by atoms with van der Waals surface area (Å²) >= 11 is 7.47. The number of carbonyl (C=O) groups excluding carboxylic acids is 1. The third kappa shape index (κ3) is 4.94. The van der Waals surface area contributed by atoms with Crippen LogP contribution in [0.4, 0.5) is 5.82 Å². The van der Waals surface area contributed by atoms with Crippen LogP contribution >= 0.6 is 22.9 Å². The van der Waals surface area contributed by atoms with Crippen LogP contribution in [0.25, 0.3) is 16.5 Å². The normalized spacial score (nSPS) is 10.9. The number of H-pyrrole nitrogens is 1. The maximum Gasteiger partial charge on any atom is 0.256 e. The highest BCUT2D eigenvalue weighted by molar-refractivity contribution is 7.13. The predicted octanol–water partition coefficient (Wildman–Crippen LogP) is 5.49. The molecule has 0 aliphatic rings. The van der Waals surface area contributed by atoms with Gasteiger partial charge in [0.15, 0.2) is 0 Å². The van der Waals surface area contributed by atoms with Gasteiger partial charge < -0.3 is 5.32 Å². The van der Waals surface area contributed by atoms with Crippen molar-refractivity contribution < 1.29 is 4.79 Å². The number of benzene rings is 2. The molecule has 9 heteroatoms. The van der Waals surface area contributed by atoms with E-state index in [1.54, 1.807) is 37.3 Å². The number of halogens is 1. The van der Waals surface area contributed by atoms with Gasteiger partial charge in [-0.3, -0.25) is 14.6 Å². The van der Waals surface area contributed by atoms with E-state index in [1.165, 1.54) is 16.0 Å². The molecule has 0 atom stereocenters. The lowest BCUT2D eigenvalue weighted by atomic mass is 10.1. The molecule has 174 valence electrons. The number of thiophene rings is 1. The molecule has 3 aromatic heterocycles. The smallest absolute Gasteiger partial charge is 0.256 e. The molecule has 7 nitrogen and oxygen atoms in total. The average molecular weight is 502 g/mol. The molecule has 0 spiro atoms. The number of hydrogen-bond donors (Lipinski definition) is 2. The first-order valence-corrected chi connectivity index (χ1v) is 12.1. The van der Waals surface area contributed by atoms with Crippen LogP contribution in [0.15, 0.2) is 83.0 Å². The lowest BCUT2D eigenvalue weighted by Gasteiger charge is -2.11. The first-order valence-electron chi connectivity index (χ1n) is 10.8. The van der Waals surface area contributed by atoms with Gasteiger partial charge in [-0.15, -0.1) is 11.3 Å². The summed E-state index contributed by atoms with van der Waals surface area (Å²) in [6, 6.07) is 22.0. The summed E-state index contributed by atoms with van der Waals surface area (Å²) in [5, 5.41) is 10.0. The third-order valence-electron chi connectivity index (χ3n) is 5.47. The van der Waals surface area contributed by atoms with Crippen molar-refractivity contribution in [2.75, 3.05) is 5.32 Å². The van der Waals surface area contributed by atoms with Crippen molar-refractivity contribution in [1.82, 2.24) is 19.7 Å². The molecule has 2 N–H and O–H groups in total. The Bertz CT molecular complexity index is 1540. The van der Waals surface area contributed by atoms with E-state index in [1.807, 2.05) is 47.8 Å². The van der Waals surface area contributed by atoms with Crippen LogP contribution in [0, 0.1) is 6.92 Å². The Morgan fingerprint density at radius 2 is 1.86 bits per heavy atom. The zero-order valence-electron chi connectivity index (χ0n) is 18.7. The van der Waals surface area contributed by atoms with Gasteiger partial charge in [0.2, 0.25) is 5.95 Å². The Labute approximate surface area is 210 Å². The van der Waals surface area contributed by atoms with E-state index in [4.69, 9.17) is 11.6 Å². The molecular formula is C26H20ClN5O2S. The molecule has 5 aromatic rings. The zero-order chi connectivity index (χ0) is 24.4. The summed E-state index contributed by atoms with van der Waals surface area (Å²) in [6.45, 7) is 1.80. The van der Waals surface area contributed by atoms with E-state index >= 15 is 0 Å². The van der Waals surface area contributed by atoms with Gasteiger partial charge in [0.1, 0.15) is 11.5 Å². The molecule has 3 heterocycles. The van der Waals surface area contributed by atoms with Crippen molar-refractivity contribution in [1.29, 1.82) is 0 Å². The molecule has 0 bridgehead atoms. The Morgan fingerprint density at radius 3 is 2.54 bits per heavy atom. The van der Waals surface area contributed by atoms with E-state index in [0.717, 1.165) is 10.4 Å². The van der Waals surface area contributed by atoms with Gasteiger partial charge in [-0.1, -0.05) is 48.0 Å². The van der Waals surface area contributed by atoms with Crippen molar-refractivity contribution in [3.63, 3.8) is 0 Å². The molecule has 1 amide bonds. The van der Waals surface area contributed by atoms with Gasteiger partial charge in [0.25, 0.3) is 11.5 Å². The molecule has 0 aliphatic heterocycles. The van der Waals surface area contributed by atoms with Crippen molar-refractivity contribution in [2.45, 2.75) is 13.3 Å². The topological polar surface area (TPSA) is 92.7 Å². The number of carbonyl (C=O) groups is 1. The summed E-state index contributed by atoms with van der Waals surface area (Å²) in [4.78, 5) is 34.3. The Morgan fingerprint density at radius 1 is 1.09 bits per heavy atom. The highest BCUT2D eigenvalue weighted by Crippen LogP contribution is 2.27. The second-order valence-electron chi connectivity index (χ2n) is 7.88. The summed E-state index contributed by atoms with van der Waals surface area (Å²) < 4.78 is 1.45. The minimum atomic E-state index is -0.333. The fourth-order valence-corrected chi connectivity index (χ4v) is 4.48. The highest BCUT2D eigenvalue weighted by Gasteiger charge is 2.18. The number of hydrogen-bond acceptors (Lipinski definition) is 5. The van der Waals surface area contributed by atoms with E-state index in [2.05, 4.69) is 20.4 Å². The number of anilines is 1. The van der Waals surface area contributed by atoms with Crippen LogP contribution in [0.3, 0.4) is 0 Å². The number of nitrogens with one attached hydrogen (secondary N) is 2. The minimum Gasteiger partial charge on any atom is -0.306 e. The molecular weight excluding hydrogens is 482 g/mol. The van der Waals surface area contributed by atoms with Gasteiger partial charge >= 0.3 is 0 Å². The van der Waals surface area contributed by atoms with E-state index in [0.29, 0.717) is 39.8 Å². The molecule has 0 saturated carbocycles. The van der Waals surface area contributed by atoms with Gasteiger partial charge in [-0.25, -0.2) is 4.98 Å². The largest absolute Gasteiger partial charge is 0.306 e. The molecule has 0 aliphatic carbocycles. The Balaban J connectivity index is 1.53. The maximum absolute atomic E-state index is 13.0. The van der Waals surface area contributed by atoms with Gasteiger partial charge in [-0.2, -0.15) is 9.78 Å². The van der Waals surface area contributed by atoms with Crippen LogP contribution in [0.2, 0.25) is 5.02 Å². The zero-order valence-corrected chi connectivity index (χ0v) is 20.2. The number of aryl methyl sites for hydroxylation is 1. The van der Waals surface area contributed by atoms with Crippen molar-refractivity contribution in [2.24, 2.45) is 0 Å². The second-order valence-corrected chi connectivity index (χ2v) is 9.26. The third-order valence-corrected chi connectivity index (χ3v) is 6.61. The Hall–Kier alpha value is -4.01. The quantitative estimate of drug-likeness (QED) is 0.322. The molecule has 35 heavy (non-hydrogen) atoms. The van der Waals surface area contributed by atoms with Gasteiger partial charge in [-0.05, 0) is 48.2 Å². The molecule has 0 unspecified atom stereocenters. The van der Waals surface area contributed by atoms with E-state index < -0.39 is 0 Å². The average Bonchev–Trinajstić information content (AvgIpc) is 3.53. The molecule has 0 saturated heterocycles. The molecule has 5 rings (SSSR count). The lowest BCUT2D eigenvalue weighted by Crippen LogP contribution is -2.22. The van der Waals surface area contributed by atoms with Crippen LogP contribution < -0.4 is 10.9 Å². The molecule has 0 radical (unpaired) electrons. The monoisotopic (exact) mass is 501 g/mol. The second kappa shape index (κ2) is 9.69. The van der Waals surface area contributed by atoms with Crippen molar-refractivity contribution in [3.8, 4) is 16.5 Å². The fraction of sp³-hybridized carbons (Fsp3) is 0.0769. The van der Waals surface area contributed by atoms with Crippen LogP contribution in [0.5, 0.6) is 0 Å². The minimum absolute atomic E-state index is 0.221. The fourth-order valence-electron chi connectivity index (χ4n) is 3.67. The van der Waals surface area contributed by atoms with Crippen molar-refractivity contribution in [3.05, 3.63) is 116 Å². The van der Waals surface area contributed by atoms with E-state index in [9.17, 15) is 9.59 Å². The van der Waals surface area contributed by atoms with Crippen molar-refractivity contribution >= 4 is 34.7 Å². The van der Waals surface area contributed by atoms with Gasteiger partial charge in [0, 0.05) is 28.6 Å². The number of rotatable bonds is 6. The van der Waals surface area contributed by atoms with E-state index in [-0.39, 0.29) is 17.4 Å². The predicted molar refractivity (Wildman–Crippen MR) is 139 cm³/mol. The highest BCUT2D eigenvalue weighted by atomic mass is 35.5. The van der Waals surface area contributed by atoms with Crippen LogP contribution in [-0.2, 0) is 6.42 Å². The van der Waals surface area contributed by atoms with Gasteiger partial charge in [0.05, 0.1) is 10.6 Å². The summed E-state index contributed by atoms with van der Waals surface area (Å²) in [7, 11) is 0. The maximum atomic E-state index is 13.0. The summed E-state index contributed by atoms with van der Waals surface area (Å²) in [5.74, 6) is 0.269. The summed E-state index contributed by atoms with van der Waals surface area (Å²) in [6.07, 6.45) is 0.467. The lowest BCUT2D eigenvalue weighted by molar-refractivity contribution is 0.102. The molecule has 0 fully saturated rings. The summed E-state index contributed by atoms with van der Waals surface area (Å²) in [5.41, 5.74) is 3.04. The number of aromatic amines is 1. The SMILES string of the molecule is Cc1nc(-n2nc(-c3cccs3)cc2NC(=O)c2ccc(Cl)cc2)[nH]c(=O)c1Cc1ccccc1. The first-order chi connectivity index (χ1) is 17.0. The van der Waals surface area contributed by atoms with Crippen LogP contribution in [-0.4, -0.2) is 25.7 Å². The number of nitrogens with zero attached hydrogens (tertiary/aromatic N) is 3. The standard InChI is InChI=1S/C26H20ClN5O2S/c1-16-20(14-17-6-3-2-4-7-17)25(34)30-26(28-16)32-23(15-21(31-32)22-8-5-13-35-22)29-24(33)18-9-11-19(27)12-10-18/h2-13,15H,14H2,1H3,(H,29,33)(H,28,30,34).